The highest BCUT2D eigenvalue weighted by atomic mass is 15.2. The van der Waals surface area contributed by atoms with Crippen molar-refractivity contribution in [2.45, 2.75) is 46.6 Å². The molecule has 1 saturated heterocycles. The number of hydrogen-bond acceptors (Lipinski definition) is 3. The zero-order chi connectivity index (χ0) is 13.7. The van der Waals surface area contributed by atoms with Crippen LogP contribution in [0.2, 0.25) is 0 Å². The summed E-state index contributed by atoms with van der Waals surface area (Å²) >= 11 is 0. The standard InChI is InChI=1S/C16H27N3/c1-4-7-17-10-15-11-18-13(3)9-16(15)19-8-6-14(5-2)12-19/h9,11,14,17H,4-8,10,12H2,1-3H3. The Bertz CT molecular complexity index is 403. The van der Waals surface area contributed by atoms with Crippen molar-refractivity contribution in [3.63, 3.8) is 0 Å². The summed E-state index contributed by atoms with van der Waals surface area (Å²) in [6, 6.07) is 2.25. The van der Waals surface area contributed by atoms with E-state index in [4.69, 9.17) is 0 Å². The third kappa shape index (κ3) is 3.69. The molecule has 1 aliphatic rings. The molecule has 106 valence electrons. The molecule has 3 nitrogen and oxygen atoms in total. The smallest absolute Gasteiger partial charge is 0.0445 e. The van der Waals surface area contributed by atoms with Crippen LogP contribution in [0, 0.1) is 12.8 Å². The van der Waals surface area contributed by atoms with Gasteiger partial charge in [-0.3, -0.25) is 4.98 Å². The second kappa shape index (κ2) is 6.90. The van der Waals surface area contributed by atoms with Crippen molar-refractivity contribution in [3.05, 3.63) is 23.5 Å². The lowest BCUT2D eigenvalue weighted by molar-refractivity contribution is 0.569. The SMILES string of the molecule is CCCNCc1cnc(C)cc1N1CCC(CC)C1. The van der Waals surface area contributed by atoms with Crippen LogP contribution in [0.1, 0.15) is 44.4 Å². The third-order valence-electron chi connectivity index (χ3n) is 4.04. The van der Waals surface area contributed by atoms with E-state index in [1.165, 1.54) is 43.6 Å². The maximum atomic E-state index is 4.46. The quantitative estimate of drug-likeness (QED) is 0.797. The first-order valence-corrected chi connectivity index (χ1v) is 7.65. The average Bonchev–Trinajstić information content (AvgIpc) is 2.89. The number of aryl methyl sites for hydroxylation is 1. The Labute approximate surface area is 117 Å². The first kappa shape index (κ1) is 14.3. The molecule has 0 radical (unpaired) electrons. The molecule has 1 aromatic heterocycles. The first-order valence-electron chi connectivity index (χ1n) is 7.65. The Hall–Kier alpha value is -1.09. The van der Waals surface area contributed by atoms with Crippen LogP contribution in [-0.2, 0) is 6.54 Å². The summed E-state index contributed by atoms with van der Waals surface area (Å²) in [6.07, 6.45) is 5.85. The highest BCUT2D eigenvalue weighted by Crippen LogP contribution is 2.28. The lowest BCUT2D eigenvalue weighted by atomic mass is 10.1. The number of nitrogens with zero attached hydrogens (tertiary/aromatic N) is 2. The summed E-state index contributed by atoms with van der Waals surface area (Å²) in [7, 11) is 0. The summed E-state index contributed by atoms with van der Waals surface area (Å²) in [4.78, 5) is 7.01. The van der Waals surface area contributed by atoms with Crippen molar-refractivity contribution < 1.29 is 0 Å². The van der Waals surface area contributed by atoms with Gasteiger partial charge in [0.05, 0.1) is 0 Å². The van der Waals surface area contributed by atoms with Gasteiger partial charge in [-0.1, -0.05) is 20.3 Å². The van der Waals surface area contributed by atoms with Crippen LogP contribution in [0.4, 0.5) is 5.69 Å². The predicted molar refractivity (Wildman–Crippen MR) is 81.6 cm³/mol. The summed E-state index contributed by atoms with van der Waals surface area (Å²) in [6.45, 7) is 11.0. The summed E-state index contributed by atoms with van der Waals surface area (Å²) in [5.41, 5.74) is 3.86. The van der Waals surface area contributed by atoms with Gasteiger partial charge in [0, 0.05) is 42.8 Å². The molecule has 0 saturated carbocycles. The van der Waals surface area contributed by atoms with Gasteiger partial charge in [0.25, 0.3) is 0 Å². The number of rotatable bonds is 6. The summed E-state index contributed by atoms with van der Waals surface area (Å²) < 4.78 is 0. The maximum absolute atomic E-state index is 4.46. The second-order valence-corrected chi connectivity index (χ2v) is 5.64. The number of anilines is 1. The molecule has 3 heteroatoms. The zero-order valence-electron chi connectivity index (χ0n) is 12.6. The van der Waals surface area contributed by atoms with E-state index < -0.39 is 0 Å². The zero-order valence-corrected chi connectivity index (χ0v) is 12.6. The molecule has 0 spiro atoms. The second-order valence-electron chi connectivity index (χ2n) is 5.64. The summed E-state index contributed by atoms with van der Waals surface area (Å²) in [5.74, 6) is 0.866. The van der Waals surface area contributed by atoms with Gasteiger partial charge in [-0.2, -0.15) is 0 Å². The van der Waals surface area contributed by atoms with Gasteiger partial charge in [-0.05, 0) is 38.3 Å². The molecule has 1 aliphatic heterocycles. The van der Waals surface area contributed by atoms with Gasteiger partial charge >= 0.3 is 0 Å². The molecule has 1 unspecified atom stereocenters. The van der Waals surface area contributed by atoms with Crippen molar-refractivity contribution in [2.75, 3.05) is 24.5 Å². The molecule has 0 aliphatic carbocycles. The van der Waals surface area contributed by atoms with E-state index in [1.807, 2.05) is 6.20 Å². The average molecular weight is 261 g/mol. The van der Waals surface area contributed by atoms with Gasteiger partial charge in [0.1, 0.15) is 0 Å². The lowest BCUT2D eigenvalue weighted by Gasteiger charge is -2.22. The Morgan fingerprint density at radius 3 is 2.95 bits per heavy atom. The van der Waals surface area contributed by atoms with Crippen LogP contribution in [0.3, 0.4) is 0 Å². The van der Waals surface area contributed by atoms with E-state index >= 15 is 0 Å². The highest BCUT2D eigenvalue weighted by Gasteiger charge is 2.23. The van der Waals surface area contributed by atoms with Gasteiger partial charge in [-0.15, -0.1) is 0 Å². The van der Waals surface area contributed by atoms with E-state index in [0.717, 1.165) is 24.7 Å². The Morgan fingerprint density at radius 1 is 1.42 bits per heavy atom. The number of aromatic nitrogens is 1. The fourth-order valence-electron chi connectivity index (χ4n) is 2.79. The fourth-order valence-corrected chi connectivity index (χ4v) is 2.79. The van der Waals surface area contributed by atoms with Crippen LogP contribution >= 0.6 is 0 Å². The Kier molecular flexibility index (Phi) is 5.20. The topological polar surface area (TPSA) is 28.2 Å². The molecule has 2 rings (SSSR count). The van der Waals surface area contributed by atoms with Gasteiger partial charge in [-0.25, -0.2) is 0 Å². The molecule has 2 heterocycles. The number of hydrogen-bond donors (Lipinski definition) is 1. The minimum absolute atomic E-state index is 0.866. The molecule has 1 aromatic rings. The minimum Gasteiger partial charge on any atom is -0.371 e. The minimum atomic E-state index is 0.866. The lowest BCUT2D eigenvalue weighted by Crippen LogP contribution is -2.23. The largest absolute Gasteiger partial charge is 0.371 e. The Morgan fingerprint density at radius 2 is 2.26 bits per heavy atom. The van der Waals surface area contributed by atoms with E-state index in [2.05, 4.69) is 42.0 Å². The van der Waals surface area contributed by atoms with Crippen molar-refractivity contribution in [2.24, 2.45) is 5.92 Å². The van der Waals surface area contributed by atoms with Gasteiger partial charge in [0.2, 0.25) is 0 Å². The van der Waals surface area contributed by atoms with Crippen LogP contribution < -0.4 is 10.2 Å². The van der Waals surface area contributed by atoms with Crippen molar-refractivity contribution in [1.29, 1.82) is 0 Å². The highest BCUT2D eigenvalue weighted by molar-refractivity contribution is 5.54. The van der Waals surface area contributed by atoms with Crippen LogP contribution in [0.5, 0.6) is 0 Å². The molecule has 0 aromatic carbocycles. The molecular weight excluding hydrogens is 234 g/mol. The molecule has 0 bridgehead atoms. The Balaban J connectivity index is 2.11. The molecular formula is C16H27N3. The molecule has 1 atom stereocenters. The molecule has 0 amide bonds. The third-order valence-corrected chi connectivity index (χ3v) is 4.04. The number of pyridine rings is 1. The van der Waals surface area contributed by atoms with E-state index in [0.29, 0.717) is 0 Å². The van der Waals surface area contributed by atoms with Crippen molar-refractivity contribution in [3.8, 4) is 0 Å². The maximum Gasteiger partial charge on any atom is 0.0445 e. The van der Waals surface area contributed by atoms with Crippen molar-refractivity contribution >= 4 is 5.69 Å². The van der Waals surface area contributed by atoms with Crippen LogP contribution in [0.25, 0.3) is 0 Å². The van der Waals surface area contributed by atoms with E-state index in [1.54, 1.807) is 0 Å². The monoisotopic (exact) mass is 261 g/mol. The van der Waals surface area contributed by atoms with E-state index in [-0.39, 0.29) is 0 Å². The number of nitrogens with one attached hydrogen (secondary N) is 1. The van der Waals surface area contributed by atoms with Gasteiger partial charge < -0.3 is 10.2 Å². The first-order chi connectivity index (χ1) is 9.24. The fraction of sp³-hybridized carbons (Fsp3) is 0.688. The molecule has 19 heavy (non-hydrogen) atoms. The molecule has 1 fully saturated rings. The van der Waals surface area contributed by atoms with E-state index in [9.17, 15) is 0 Å². The van der Waals surface area contributed by atoms with Crippen molar-refractivity contribution in [1.82, 2.24) is 10.3 Å². The van der Waals surface area contributed by atoms with Gasteiger partial charge in [0.15, 0.2) is 0 Å². The summed E-state index contributed by atoms with van der Waals surface area (Å²) in [5, 5.41) is 3.49. The van der Waals surface area contributed by atoms with Crippen LogP contribution in [-0.4, -0.2) is 24.6 Å². The normalized spacial score (nSPS) is 19.1. The molecule has 1 N–H and O–H groups in total. The van der Waals surface area contributed by atoms with Crippen LogP contribution in [0.15, 0.2) is 12.3 Å². The predicted octanol–water partition coefficient (Wildman–Crippen LogP) is 3.13.